The molecule has 0 spiro atoms. The first-order chi connectivity index (χ1) is 16.0. The van der Waals surface area contributed by atoms with Gasteiger partial charge in [-0.25, -0.2) is 10.4 Å². The summed E-state index contributed by atoms with van der Waals surface area (Å²) in [6.45, 7) is 6.84. The summed E-state index contributed by atoms with van der Waals surface area (Å²) in [4.78, 5) is 17.6. The summed E-state index contributed by atoms with van der Waals surface area (Å²) in [6, 6.07) is 12.8. The van der Waals surface area contributed by atoms with E-state index in [1.165, 1.54) is 17.6 Å². The average Bonchev–Trinajstić information content (AvgIpc) is 3.15. The largest absolute Gasteiger partial charge is 0.490 e. The van der Waals surface area contributed by atoms with Gasteiger partial charge in [0.1, 0.15) is 0 Å². The molecule has 174 valence electrons. The molecule has 3 aromatic rings. The van der Waals surface area contributed by atoms with Crippen LogP contribution < -0.4 is 25.0 Å². The highest BCUT2D eigenvalue weighted by Gasteiger charge is 2.18. The maximum Gasteiger partial charge on any atom is 0.271 e. The second-order valence-electron chi connectivity index (χ2n) is 6.46. The molecule has 0 aliphatic carbocycles. The lowest BCUT2D eigenvalue weighted by atomic mass is 10.1. The average molecular weight is 489 g/mol. The Hall–Kier alpha value is -3.30. The van der Waals surface area contributed by atoms with Crippen molar-refractivity contribution in [2.75, 3.05) is 25.1 Å². The predicted octanol–water partition coefficient (Wildman–Crippen LogP) is 5.50. The number of amides is 1. The van der Waals surface area contributed by atoms with E-state index in [-0.39, 0.29) is 5.15 Å². The van der Waals surface area contributed by atoms with Gasteiger partial charge in [-0.3, -0.25) is 4.79 Å². The van der Waals surface area contributed by atoms with Gasteiger partial charge in [-0.1, -0.05) is 41.1 Å². The van der Waals surface area contributed by atoms with Crippen molar-refractivity contribution in [1.29, 1.82) is 0 Å². The molecule has 0 aliphatic rings. The summed E-state index contributed by atoms with van der Waals surface area (Å²) in [6.07, 6.45) is 1.45. The molecular formula is C23H25ClN4O4S. The molecule has 0 radical (unpaired) electrons. The molecule has 0 aliphatic heterocycles. The first-order valence-corrected chi connectivity index (χ1v) is 11.6. The number of aromatic nitrogens is 1. The number of para-hydroxylation sites is 1. The van der Waals surface area contributed by atoms with Crippen LogP contribution in [0.1, 0.15) is 36.0 Å². The Labute approximate surface area is 201 Å². The maximum absolute atomic E-state index is 12.7. The van der Waals surface area contributed by atoms with Crippen molar-refractivity contribution in [2.24, 2.45) is 5.10 Å². The van der Waals surface area contributed by atoms with Crippen molar-refractivity contribution >= 4 is 45.9 Å². The number of halogens is 1. The molecule has 8 nitrogen and oxygen atoms in total. The molecule has 0 saturated heterocycles. The number of ether oxygens (including phenoxy) is 3. The lowest BCUT2D eigenvalue weighted by Gasteiger charge is -2.16. The van der Waals surface area contributed by atoms with E-state index in [1.807, 2.05) is 51.1 Å². The summed E-state index contributed by atoms with van der Waals surface area (Å²) in [5.74, 6) is 0.902. The number of hydrogen-bond acceptors (Lipinski definition) is 8. The van der Waals surface area contributed by atoms with E-state index in [4.69, 9.17) is 25.8 Å². The normalized spacial score (nSPS) is 10.8. The molecule has 0 saturated carbocycles. The lowest BCUT2D eigenvalue weighted by molar-refractivity contribution is 0.0954. The van der Waals surface area contributed by atoms with Gasteiger partial charge in [-0.15, -0.1) is 0 Å². The summed E-state index contributed by atoms with van der Waals surface area (Å²) < 4.78 is 17.0. The van der Waals surface area contributed by atoms with Gasteiger partial charge < -0.3 is 19.5 Å². The van der Waals surface area contributed by atoms with Gasteiger partial charge in [0.25, 0.3) is 5.91 Å². The van der Waals surface area contributed by atoms with Gasteiger partial charge in [0.2, 0.25) is 5.75 Å². The van der Waals surface area contributed by atoms with Crippen LogP contribution >= 0.6 is 22.9 Å². The fraction of sp³-hybridized carbons (Fsp3) is 0.261. The Bertz CT molecular complexity index is 1080. The summed E-state index contributed by atoms with van der Waals surface area (Å²) in [7, 11) is 0. The molecule has 0 fully saturated rings. The van der Waals surface area contributed by atoms with Crippen LogP contribution in [-0.2, 0) is 0 Å². The Kier molecular flexibility index (Phi) is 8.91. The summed E-state index contributed by atoms with van der Waals surface area (Å²) in [5.41, 5.74) is 3.72. The first kappa shape index (κ1) is 24.3. The zero-order valence-corrected chi connectivity index (χ0v) is 20.1. The van der Waals surface area contributed by atoms with Gasteiger partial charge in [0.15, 0.2) is 21.8 Å². The van der Waals surface area contributed by atoms with Crippen molar-refractivity contribution in [3.8, 4) is 17.2 Å². The molecular weight excluding hydrogens is 464 g/mol. The molecule has 0 atom stereocenters. The number of hydrazone groups is 1. The van der Waals surface area contributed by atoms with Gasteiger partial charge in [-0.05, 0) is 45.0 Å². The van der Waals surface area contributed by atoms with Crippen LogP contribution in [0.3, 0.4) is 0 Å². The minimum atomic E-state index is -0.431. The number of nitrogens with one attached hydrogen (secondary N) is 2. The number of hydrogen-bond donors (Lipinski definition) is 2. The summed E-state index contributed by atoms with van der Waals surface area (Å²) in [5, 5.41) is 8.11. The minimum Gasteiger partial charge on any atom is -0.490 e. The van der Waals surface area contributed by atoms with Gasteiger partial charge in [0.05, 0.1) is 30.9 Å². The topological polar surface area (TPSA) is 94.1 Å². The second kappa shape index (κ2) is 12.1. The third kappa shape index (κ3) is 6.59. The van der Waals surface area contributed by atoms with Gasteiger partial charge in [0, 0.05) is 11.3 Å². The third-order valence-corrected chi connectivity index (χ3v) is 5.46. The Morgan fingerprint density at radius 3 is 2.30 bits per heavy atom. The fourth-order valence-electron chi connectivity index (χ4n) is 2.83. The molecule has 3 rings (SSSR count). The van der Waals surface area contributed by atoms with Crippen molar-refractivity contribution in [1.82, 2.24) is 10.4 Å². The first-order valence-electron chi connectivity index (χ1n) is 10.4. The van der Waals surface area contributed by atoms with Crippen LogP contribution in [0, 0.1) is 0 Å². The van der Waals surface area contributed by atoms with Crippen LogP contribution in [0.2, 0.25) is 5.15 Å². The monoisotopic (exact) mass is 488 g/mol. The number of benzene rings is 2. The highest BCUT2D eigenvalue weighted by molar-refractivity contribution is 7.17. The van der Waals surface area contributed by atoms with E-state index in [1.54, 1.807) is 12.1 Å². The lowest BCUT2D eigenvalue weighted by Crippen LogP contribution is -2.18. The number of thiazole rings is 1. The van der Waals surface area contributed by atoms with E-state index in [9.17, 15) is 4.79 Å². The molecule has 0 unspecified atom stereocenters. The van der Waals surface area contributed by atoms with Crippen LogP contribution in [0.5, 0.6) is 17.2 Å². The van der Waals surface area contributed by atoms with E-state index in [2.05, 4.69) is 20.8 Å². The molecule has 10 heteroatoms. The highest BCUT2D eigenvalue weighted by atomic mass is 35.5. The number of nitrogens with zero attached hydrogens (tertiary/aromatic N) is 2. The molecule has 33 heavy (non-hydrogen) atoms. The zero-order chi connectivity index (χ0) is 23.6. The second-order valence-corrected chi connectivity index (χ2v) is 7.85. The Morgan fingerprint density at radius 2 is 1.70 bits per heavy atom. The van der Waals surface area contributed by atoms with Crippen molar-refractivity contribution < 1.29 is 19.0 Å². The summed E-state index contributed by atoms with van der Waals surface area (Å²) >= 11 is 7.53. The maximum atomic E-state index is 12.7. The smallest absolute Gasteiger partial charge is 0.271 e. The van der Waals surface area contributed by atoms with Crippen LogP contribution in [0.25, 0.3) is 0 Å². The number of anilines is 2. The molecule has 0 bridgehead atoms. The quantitative estimate of drug-likeness (QED) is 0.273. The molecule has 2 aromatic carbocycles. The van der Waals surface area contributed by atoms with Crippen molar-refractivity contribution in [3.63, 3.8) is 0 Å². The number of rotatable bonds is 11. The molecule has 1 heterocycles. The van der Waals surface area contributed by atoms with Crippen LogP contribution in [-0.4, -0.2) is 36.9 Å². The predicted molar refractivity (Wildman–Crippen MR) is 132 cm³/mol. The van der Waals surface area contributed by atoms with E-state index >= 15 is 0 Å². The molecule has 1 amide bonds. The molecule has 1 aromatic heterocycles. The third-order valence-electron chi connectivity index (χ3n) is 4.15. The number of carbonyl (C=O) groups is 1. The highest BCUT2D eigenvalue weighted by Crippen LogP contribution is 2.39. The van der Waals surface area contributed by atoms with E-state index in [0.717, 1.165) is 5.69 Å². The van der Waals surface area contributed by atoms with E-state index < -0.39 is 5.91 Å². The standard InChI is InChI=1S/C23H25ClN4O4S/c1-4-30-17-12-15(13-18(31-5-2)20(17)32-6-3)22(29)28-25-14-19-21(24)27-23(33-19)26-16-10-8-7-9-11-16/h7-14H,4-6H2,1-3H3,(H,26,27)(H,28,29)/b25-14+. The Balaban J connectivity index is 1.73. The SMILES string of the molecule is CCOc1cc(C(=O)N/N=C/c2sc(Nc3ccccc3)nc2Cl)cc(OCC)c1OCC. The van der Waals surface area contributed by atoms with E-state index in [0.29, 0.717) is 52.6 Å². The fourth-order valence-corrected chi connectivity index (χ4v) is 3.87. The van der Waals surface area contributed by atoms with Crippen LogP contribution in [0.15, 0.2) is 47.6 Å². The number of carbonyl (C=O) groups excluding carboxylic acids is 1. The van der Waals surface area contributed by atoms with Gasteiger partial charge >= 0.3 is 0 Å². The van der Waals surface area contributed by atoms with Crippen molar-refractivity contribution in [3.05, 3.63) is 58.1 Å². The zero-order valence-electron chi connectivity index (χ0n) is 18.6. The minimum absolute atomic E-state index is 0.287. The van der Waals surface area contributed by atoms with Crippen molar-refractivity contribution in [2.45, 2.75) is 20.8 Å². The van der Waals surface area contributed by atoms with Gasteiger partial charge in [-0.2, -0.15) is 5.10 Å². The Morgan fingerprint density at radius 1 is 1.06 bits per heavy atom. The molecule has 2 N–H and O–H groups in total. The van der Waals surface area contributed by atoms with Crippen LogP contribution in [0.4, 0.5) is 10.8 Å².